The number of hydrogen-bond donors (Lipinski definition) is 2. The number of nitrogens with one attached hydrogen (secondary N) is 2. The fourth-order valence-electron chi connectivity index (χ4n) is 2.43. The lowest BCUT2D eigenvalue weighted by Gasteiger charge is -2.13. The molecular weight excluding hydrogens is 268 g/mol. The van der Waals surface area contributed by atoms with Gasteiger partial charge < -0.3 is 10.6 Å². The summed E-state index contributed by atoms with van der Waals surface area (Å²) in [5.74, 6) is 4.96. The van der Waals surface area contributed by atoms with Gasteiger partial charge in [0.05, 0.1) is 5.52 Å². The summed E-state index contributed by atoms with van der Waals surface area (Å²) in [5.41, 5.74) is 0.988. The van der Waals surface area contributed by atoms with Crippen molar-refractivity contribution in [1.29, 1.82) is 0 Å². The minimum atomic E-state index is 0.703. The summed E-state index contributed by atoms with van der Waals surface area (Å²) in [6.45, 7) is 3.89. The van der Waals surface area contributed by atoms with E-state index in [4.69, 9.17) is 0 Å². The van der Waals surface area contributed by atoms with Crippen molar-refractivity contribution in [2.24, 2.45) is 5.92 Å². The number of para-hydroxylation sites is 1. The van der Waals surface area contributed by atoms with Crippen LogP contribution in [0.25, 0.3) is 10.9 Å². The Morgan fingerprint density at radius 2 is 2.15 bits per heavy atom. The van der Waals surface area contributed by atoms with E-state index in [1.165, 1.54) is 17.9 Å². The Bertz CT molecular complexity index is 581. The number of hydrogen-bond acceptors (Lipinski definition) is 5. The first kappa shape index (κ1) is 13.5. The lowest BCUT2D eigenvalue weighted by atomic mass is 10.1. The lowest BCUT2D eigenvalue weighted by Crippen LogP contribution is -2.15. The maximum absolute atomic E-state index is 4.61. The van der Waals surface area contributed by atoms with Gasteiger partial charge in [-0.05, 0) is 42.9 Å². The molecule has 1 aromatic carbocycles. The molecule has 3 rings (SSSR count). The number of nitrogens with zero attached hydrogens (tertiary/aromatic N) is 2. The van der Waals surface area contributed by atoms with Gasteiger partial charge in [0.15, 0.2) is 0 Å². The number of anilines is 2. The van der Waals surface area contributed by atoms with Gasteiger partial charge in [-0.1, -0.05) is 12.1 Å². The quantitative estimate of drug-likeness (QED) is 0.884. The summed E-state index contributed by atoms with van der Waals surface area (Å²) < 4.78 is 0. The second-order valence-corrected chi connectivity index (χ2v) is 6.20. The Balaban J connectivity index is 1.86. The summed E-state index contributed by atoms with van der Waals surface area (Å²) in [6, 6.07) is 8.17. The first-order valence-electron chi connectivity index (χ1n) is 7.19. The molecule has 1 saturated heterocycles. The molecule has 5 heteroatoms. The van der Waals surface area contributed by atoms with Gasteiger partial charge in [-0.2, -0.15) is 16.7 Å². The van der Waals surface area contributed by atoms with Crippen LogP contribution in [-0.2, 0) is 0 Å². The van der Waals surface area contributed by atoms with Crippen LogP contribution in [0.2, 0.25) is 0 Å². The maximum atomic E-state index is 4.61. The first-order valence-corrected chi connectivity index (χ1v) is 8.34. The molecule has 0 aliphatic carbocycles. The molecule has 1 aliphatic heterocycles. The molecule has 0 amide bonds. The van der Waals surface area contributed by atoms with E-state index in [2.05, 4.69) is 33.6 Å². The standard InChI is InChI=1S/C15H20N4S/c1-2-16-15-18-13-6-4-3-5-12(13)14(19-15)17-9-11-7-8-20-10-11/h3-6,11H,2,7-10H2,1H3,(H2,16,17,18,19). The zero-order chi connectivity index (χ0) is 13.8. The van der Waals surface area contributed by atoms with E-state index < -0.39 is 0 Å². The number of thioether (sulfide) groups is 1. The molecule has 1 unspecified atom stereocenters. The van der Waals surface area contributed by atoms with Crippen LogP contribution in [0, 0.1) is 5.92 Å². The highest BCUT2D eigenvalue weighted by Gasteiger charge is 2.16. The van der Waals surface area contributed by atoms with E-state index in [1.807, 2.05) is 30.0 Å². The van der Waals surface area contributed by atoms with E-state index >= 15 is 0 Å². The van der Waals surface area contributed by atoms with Crippen molar-refractivity contribution < 1.29 is 0 Å². The highest BCUT2D eigenvalue weighted by atomic mass is 32.2. The molecular formula is C15H20N4S. The van der Waals surface area contributed by atoms with Gasteiger partial charge in [0, 0.05) is 18.5 Å². The van der Waals surface area contributed by atoms with Gasteiger partial charge in [-0.3, -0.25) is 0 Å². The van der Waals surface area contributed by atoms with Crippen molar-refractivity contribution >= 4 is 34.4 Å². The van der Waals surface area contributed by atoms with Gasteiger partial charge in [0.25, 0.3) is 0 Å². The van der Waals surface area contributed by atoms with Crippen molar-refractivity contribution in [2.75, 3.05) is 35.2 Å². The van der Waals surface area contributed by atoms with Crippen molar-refractivity contribution in [1.82, 2.24) is 9.97 Å². The summed E-state index contributed by atoms with van der Waals surface area (Å²) in [4.78, 5) is 9.15. The lowest BCUT2D eigenvalue weighted by molar-refractivity contribution is 0.631. The third-order valence-electron chi connectivity index (χ3n) is 3.52. The van der Waals surface area contributed by atoms with Crippen molar-refractivity contribution in [2.45, 2.75) is 13.3 Å². The molecule has 4 nitrogen and oxygen atoms in total. The summed E-state index contributed by atoms with van der Waals surface area (Å²) in [6.07, 6.45) is 1.31. The van der Waals surface area contributed by atoms with E-state index in [0.717, 1.165) is 35.7 Å². The van der Waals surface area contributed by atoms with E-state index in [9.17, 15) is 0 Å². The van der Waals surface area contributed by atoms with Gasteiger partial charge in [-0.25, -0.2) is 4.98 Å². The minimum absolute atomic E-state index is 0.703. The average Bonchev–Trinajstić information content (AvgIpc) is 2.98. The Morgan fingerprint density at radius 3 is 2.95 bits per heavy atom. The second-order valence-electron chi connectivity index (χ2n) is 5.05. The molecule has 1 aromatic heterocycles. The molecule has 2 aromatic rings. The molecule has 1 atom stereocenters. The average molecular weight is 288 g/mol. The zero-order valence-corrected chi connectivity index (χ0v) is 12.5. The second kappa shape index (κ2) is 6.31. The molecule has 2 heterocycles. The van der Waals surface area contributed by atoms with Gasteiger partial charge in [-0.15, -0.1) is 0 Å². The molecule has 0 spiro atoms. The first-order chi connectivity index (χ1) is 9.86. The van der Waals surface area contributed by atoms with Crippen LogP contribution in [0.4, 0.5) is 11.8 Å². The molecule has 106 valence electrons. The highest BCUT2D eigenvalue weighted by Crippen LogP contribution is 2.26. The predicted octanol–water partition coefficient (Wildman–Crippen LogP) is 3.23. The Labute approximate surface area is 123 Å². The fraction of sp³-hybridized carbons (Fsp3) is 0.467. The van der Waals surface area contributed by atoms with Crippen molar-refractivity contribution in [3.05, 3.63) is 24.3 Å². The molecule has 0 saturated carbocycles. The smallest absolute Gasteiger partial charge is 0.225 e. The minimum Gasteiger partial charge on any atom is -0.369 e. The molecule has 2 N–H and O–H groups in total. The van der Waals surface area contributed by atoms with Crippen LogP contribution in [-0.4, -0.2) is 34.6 Å². The van der Waals surface area contributed by atoms with E-state index in [0.29, 0.717) is 5.95 Å². The molecule has 0 bridgehead atoms. The maximum Gasteiger partial charge on any atom is 0.225 e. The van der Waals surface area contributed by atoms with Crippen LogP contribution < -0.4 is 10.6 Å². The third kappa shape index (κ3) is 2.98. The molecule has 1 aliphatic rings. The highest BCUT2D eigenvalue weighted by molar-refractivity contribution is 7.99. The van der Waals surface area contributed by atoms with Crippen LogP contribution in [0.3, 0.4) is 0 Å². The molecule has 1 fully saturated rings. The fourth-order valence-corrected chi connectivity index (χ4v) is 3.72. The van der Waals surface area contributed by atoms with Crippen LogP contribution in [0.15, 0.2) is 24.3 Å². The van der Waals surface area contributed by atoms with Gasteiger partial charge >= 0.3 is 0 Å². The summed E-state index contributed by atoms with van der Waals surface area (Å²) in [7, 11) is 0. The third-order valence-corrected chi connectivity index (χ3v) is 4.75. The topological polar surface area (TPSA) is 49.8 Å². The van der Waals surface area contributed by atoms with Crippen LogP contribution in [0.5, 0.6) is 0 Å². The normalized spacial score (nSPS) is 18.4. The Kier molecular flexibility index (Phi) is 4.25. The van der Waals surface area contributed by atoms with E-state index in [-0.39, 0.29) is 0 Å². The number of rotatable bonds is 5. The number of aromatic nitrogens is 2. The van der Waals surface area contributed by atoms with Gasteiger partial charge in [0.1, 0.15) is 5.82 Å². The number of fused-ring (bicyclic) bond motifs is 1. The Morgan fingerprint density at radius 1 is 1.25 bits per heavy atom. The van der Waals surface area contributed by atoms with E-state index in [1.54, 1.807) is 0 Å². The van der Waals surface area contributed by atoms with Crippen LogP contribution in [0.1, 0.15) is 13.3 Å². The largest absolute Gasteiger partial charge is 0.369 e. The van der Waals surface area contributed by atoms with Crippen molar-refractivity contribution in [3.8, 4) is 0 Å². The van der Waals surface area contributed by atoms with Crippen molar-refractivity contribution in [3.63, 3.8) is 0 Å². The van der Waals surface area contributed by atoms with Gasteiger partial charge in [0.2, 0.25) is 5.95 Å². The zero-order valence-electron chi connectivity index (χ0n) is 11.7. The summed E-state index contributed by atoms with van der Waals surface area (Å²) in [5, 5.41) is 7.82. The summed E-state index contributed by atoms with van der Waals surface area (Å²) >= 11 is 2.05. The van der Waals surface area contributed by atoms with Crippen LogP contribution >= 0.6 is 11.8 Å². The monoisotopic (exact) mass is 288 g/mol. The molecule has 20 heavy (non-hydrogen) atoms. The predicted molar refractivity (Wildman–Crippen MR) is 87.6 cm³/mol. The number of benzene rings is 1. The molecule has 0 radical (unpaired) electrons. The Hall–Kier alpha value is -1.49. The SMILES string of the molecule is CCNc1nc(NCC2CCSC2)c2ccccc2n1.